The molecule has 8 heteroatoms. The van der Waals surface area contributed by atoms with Crippen molar-refractivity contribution in [2.75, 3.05) is 0 Å². The maximum absolute atomic E-state index is 13.3. The molecule has 2 aliphatic heterocycles. The summed E-state index contributed by atoms with van der Waals surface area (Å²) in [6.45, 7) is 7.67. The number of aliphatic hydroxyl groups is 1. The summed E-state index contributed by atoms with van der Waals surface area (Å²) in [4.78, 5) is 35.9. The minimum absolute atomic E-state index is 0.110. The Kier molecular flexibility index (Phi) is 4.68. The first-order valence-electron chi connectivity index (χ1n) is 10.9. The molecule has 8 nitrogen and oxygen atoms in total. The number of benzene rings is 1. The number of aromatic nitrogens is 2. The van der Waals surface area contributed by atoms with E-state index in [4.69, 9.17) is 14.6 Å². The first-order valence-corrected chi connectivity index (χ1v) is 10.9. The highest BCUT2D eigenvalue weighted by Crippen LogP contribution is 2.38. The van der Waals surface area contributed by atoms with E-state index in [2.05, 4.69) is 5.16 Å². The second kappa shape index (κ2) is 7.25. The largest absolute Gasteiger partial charge is 0.458 e. The summed E-state index contributed by atoms with van der Waals surface area (Å²) < 4.78 is 6.75. The van der Waals surface area contributed by atoms with Gasteiger partial charge in [0.05, 0.1) is 35.2 Å². The molecule has 170 valence electrons. The van der Waals surface area contributed by atoms with Crippen LogP contribution in [0.4, 0.5) is 0 Å². The molecule has 0 unspecified atom stereocenters. The van der Waals surface area contributed by atoms with Crippen molar-refractivity contribution in [1.82, 2.24) is 9.55 Å². The highest BCUT2D eigenvalue weighted by Gasteiger charge is 2.45. The maximum atomic E-state index is 13.3. The summed E-state index contributed by atoms with van der Waals surface area (Å²) in [5.74, 6) is -0.729. The van der Waals surface area contributed by atoms with Gasteiger partial charge in [-0.05, 0) is 45.4 Å². The summed E-state index contributed by atoms with van der Waals surface area (Å²) >= 11 is 0. The summed E-state index contributed by atoms with van der Waals surface area (Å²) in [7, 11) is 0. The summed E-state index contributed by atoms with van der Waals surface area (Å²) in [5, 5.41) is 16.0. The number of oxime groups is 1. The number of esters is 1. The van der Waals surface area contributed by atoms with Crippen LogP contribution in [0.5, 0.6) is 0 Å². The molecule has 2 aromatic heterocycles. The van der Waals surface area contributed by atoms with Gasteiger partial charge < -0.3 is 19.2 Å². The van der Waals surface area contributed by atoms with Crippen LogP contribution in [0, 0.1) is 0 Å². The van der Waals surface area contributed by atoms with Crippen LogP contribution in [0.15, 0.2) is 40.3 Å². The zero-order valence-electron chi connectivity index (χ0n) is 19.0. The highest BCUT2D eigenvalue weighted by molar-refractivity contribution is 5.99. The van der Waals surface area contributed by atoms with Crippen LogP contribution in [0.2, 0.25) is 0 Å². The molecule has 3 aromatic rings. The fourth-order valence-corrected chi connectivity index (χ4v) is 4.38. The van der Waals surface area contributed by atoms with E-state index in [0.717, 1.165) is 22.0 Å². The Balaban J connectivity index is 1.65. The number of carbonyl (C=O) groups excluding carboxylic acids is 1. The number of pyridine rings is 2. The van der Waals surface area contributed by atoms with E-state index in [0.29, 0.717) is 29.1 Å². The van der Waals surface area contributed by atoms with Gasteiger partial charge in [-0.3, -0.25) is 4.79 Å². The fraction of sp³-hybridized carbons (Fsp3) is 0.360. The van der Waals surface area contributed by atoms with E-state index < -0.39 is 17.2 Å². The van der Waals surface area contributed by atoms with Crippen molar-refractivity contribution < 1.29 is 19.5 Å². The summed E-state index contributed by atoms with van der Waals surface area (Å²) in [6, 6.07) is 9.45. The average molecular weight is 447 g/mol. The van der Waals surface area contributed by atoms with Crippen LogP contribution in [0.3, 0.4) is 0 Å². The van der Waals surface area contributed by atoms with E-state index in [1.165, 1.54) is 0 Å². The van der Waals surface area contributed by atoms with Gasteiger partial charge in [0.1, 0.15) is 12.2 Å². The monoisotopic (exact) mass is 447 g/mol. The van der Waals surface area contributed by atoms with Crippen molar-refractivity contribution in [3.8, 4) is 11.4 Å². The van der Waals surface area contributed by atoms with Crippen molar-refractivity contribution in [1.29, 1.82) is 0 Å². The Morgan fingerprint density at radius 1 is 1.30 bits per heavy atom. The molecule has 0 amide bonds. The van der Waals surface area contributed by atoms with Gasteiger partial charge in [-0.2, -0.15) is 0 Å². The van der Waals surface area contributed by atoms with Gasteiger partial charge >= 0.3 is 5.97 Å². The molecule has 2 aliphatic rings. The number of carbonyl (C=O) groups is 1. The quantitative estimate of drug-likeness (QED) is 0.294. The van der Waals surface area contributed by atoms with Crippen molar-refractivity contribution in [3.63, 3.8) is 0 Å². The molecule has 0 fully saturated rings. The van der Waals surface area contributed by atoms with Crippen molar-refractivity contribution >= 4 is 23.1 Å². The van der Waals surface area contributed by atoms with E-state index in [1.54, 1.807) is 23.8 Å². The molecular formula is C25H25N3O5. The first-order chi connectivity index (χ1) is 15.6. The summed E-state index contributed by atoms with van der Waals surface area (Å²) in [6.07, 6.45) is 1.78. The minimum atomic E-state index is -1.83. The zero-order valence-corrected chi connectivity index (χ0v) is 19.0. The van der Waals surface area contributed by atoms with E-state index in [1.807, 2.05) is 45.0 Å². The average Bonchev–Trinajstić information content (AvgIpc) is 3.12. The lowest BCUT2D eigenvalue weighted by molar-refractivity contribution is -0.172. The molecule has 33 heavy (non-hydrogen) atoms. The third-order valence-corrected chi connectivity index (χ3v) is 6.10. The van der Waals surface area contributed by atoms with Gasteiger partial charge in [-0.1, -0.05) is 24.2 Å². The SMILES string of the molecule is CC[C@@]1(O)C(=O)OCc2c1cc1n(c2=O)Cc2cc3c(/C=N/OC(C)(C)C)cccc3nc2-1. The molecule has 0 saturated heterocycles. The predicted molar refractivity (Wildman–Crippen MR) is 123 cm³/mol. The lowest BCUT2D eigenvalue weighted by atomic mass is 9.86. The van der Waals surface area contributed by atoms with E-state index >= 15 is 0 Å². The third kappa shape index (κ3) is 3.33. The summed E-state index contributed by atoms with van der Waals surface area (Å²) in [5.41, 5.74) is 1.86. The molecule has 1 N–H and O–H groups in total. The molecular weight excluding hydrogens is 422 g/mol. The zero-order chi connectivity index (χ0) is 23.5. The first kappa shape index (κ1) is 21.3. The molecule has 1 atom stereocenters. The van der Waals surface area contributed by atoms with Crippen LogP contribution in [-0.4, -0.2) is 32.4 Å². The van der Waals surface area contributed by atoms with Crippen LogP contribution in [-0.2, 0) is 33.1 Å². The van der Waals surface area contributed by atoms with Crippen molar-refractivity contribution in [2.45, 2.75) is 58.5 Å². The Morgan fingerprint density at radius 3 is 2.82 bits per heavy atom. The minimum Gasteiger partial charge on any atom is -0.458 e. The predicted octanol–water partition coefficient (Wildman–Crippen LogP) is 3.23. The molecule has 0 bridgehead atoms. The highest BCUT2D eigenvalue weighted by atomic mass is 16.6. The number of cyclic esters (lactones) is 1. The van der Waals surface area contributed by atoms with Gasteiger partial charge in [0, 0.05) is 22.1 Å². The van der Waals surface area contributed by atoms with Crippen molar-refractivity contribution in [3.05, 3.63) is 62.9 Å². The van der Waals surface area contributed by atoms with Crippen LogP contribution in [0.25, 0.3) is 22.3 Å². The molecule has 0 aliphatic carbocycles. The third-order valence-electron chi connectivity index (χ3n) is 6.10. The number of hydrogen-bond donors (Lipinski definition) is 1. The number of nitrogens with zero attached hydrogens (tertiary/aromatic N) is 3. The van der Waals surface area contributed by atoms with Crippen LogP contribution in [0.1, 0.15) is 56.4 Å². The molecule has 1 aromatic carbocycles. The van der Waals surface area contributed by atoms with Gasteiger partial charge in [0.2, 0.25) is 0 Å². The molecule has 4 heterocycles. The fourth-order valence-electron chi connectivity index (χ4n) is 4.38. The van der Waals surface area contributed by atoms with E-state index in [9.17, 15) is 14.7 Å². The second-order valence-electron chi connectivity index (χ2n) is 9.45. The second-order valence-corrected chi connectivity index (χ2v) is 9.45. The maximum Gasteiger partial charge on any atom is 0.343 e. The van der Waals surface area contributed by atoms with Gasteiger partial charge in [-0.15, -0.1) is 0 Å². The lowest BCUT2D eigenvalue weighted by Crippen LogP contribution is -2.44. The molecule has 5 rings (SSSR count). The van der Waals surface area contributed by atoms with Gasteiger partial charge in [-0.25, -0.2) is 9.78 Å². The molecule has 0 spiro atoms. The standard InChI is InChI=1S/C25H25N3O5/c1-5-25(31)18-10-20-21-15(12-28(20)22(29)17(18)13-32-23(25)30)9-16-14(7-6-8-19(16)27-21)11-26-33-24(2,3)4/h6-11,31H,5,12-13H2,1-4H3/b26-11+/t25-/m0/s1. The topological polar surface area (TPSA) is 103 Å². The van der Waals surface area contributed by atoms with Crippen molar-refractivity contribution in [2.24, 2.45) is 5.16 Å². The Bertz CT molecular complexity index is 1400. The van der Waals surface area contributed by atoms with E-state index in [-0.39, 0.29) is 18.6 Å². The van der Waals surface area contributed by atoms with Gasteiger partial charge in [0.15, 0.2) is 5.60 Å². The van der Waals surface area contributed by atoms with Crippen LogP contribution >= 0.6 is 0 Å². The Hall–Kier alpha value is -3.52. The molecule has 0 saturated carbocycles. The van der Waals surface area contributed by atoms with Crippen LogP contribution < -0.4 is 5.56 Å². The Morgan fingerprint density at radius 2 is 2.09 bits per heavy atom. The smallest absolute Gasteiger partial charge is 0.343 e. The number of ether oxygens (including phenoxy) is 1. The normalized spacial score (nSPS) is 19.4. The van der Waals surface area contributed by atoms with Gasteiger partial charge in [0.25, 0.3) is 5.56 Å². The number of fused-ring (bicyclic) bond motifs is 5. The molecule has 0 radical (unpaired) electrons. The number of hydrogen-bond acceptors (Lipinski definition) is 7. The lowest BCUT2D eigenvalue weighted by Gasteiger charge is -2.31. The number of rotatable bonds is 3. The Labute approximate surface area is 190 Å².